The molecule has 0 aromatic rings. The highest BCUT2D eigenvalue weighted by molar-refractivity contribution is 9.28. The highest BCUT2D eigenvalue weighted by atomic mass is 79.9. The molecular formula is C10H13Br2N. The van der Waals surface area contributed by atoms with Crippen LogP contribution < -0.4 is 5.73 Å². The van der Waals surface area contributed by atoms with Gasteiger partial charge in [0.25, 0.3) is 0 Å². The van der Waals surface area contributed by atoms with Gasteiger partial charge in [-0.2, -0.15) is 0 Å². The second kappa shape index (κ2) is 4.11. The summed E-state index contributed by atoms with van der Waals surface area (Å²) < 4.78 is 0.932. The SMILES string of the molecule is CC1=C(C=C(Br)Br)C(C)(N)CC=C1. The molecule has 0 aromatic carbocycles. The van der Waals surface area contributed by atoms with Crippen LogP contribution in [0.3, 0.4) is 0 Å². The van der Waals surface area contributed by atoms with Crippen LogP contribution in [0.4, 0.5) is 0 Å². The molecule has 0 fully saturated rings. The molecule has 0 aliphatic heterocycles. The quantitative estimate of drug-likeness (QED) is 0.787. The van der Waals surface area contributed by atoms with E-state index < -0.39 is 0 Å². The largest absolute Gasteiger partial charge is 0.321 e. The van der Waals surface area contributed by atoms with Crippen molar-refractivity contribution in [3.05, 3.63) is 32.8 Å². The van der Waals surface area contributed by atoms with Gasteiger partial charge in [0.05, 0.1) is 3.39 Å². The molecule has 0 saturated heterocycles. The highest BCUT2D eigenvalue weighted by Crippen LogP contribution is 2.30. The topological polar surface area (TPSA) is 26.0 Å². The predicted octanol–water partition coefficient (Wildman–Crippen LogP) is 3.61. The molecule has 1 atom stereocenters. The number of hydrogen-bond acceptors (Lipinski definition) is 1. The summed E-state index contributed by atoms with van der Waals surface area (Å²) in [5.41, 5.74) is 8.33. The third-order valence-electron chi connectivity index (χ3n) is 2.20. The molecule has 0 saturated carbocycles. The minimum atomic E-state index is -0.244. The molecule has 0 spiro atoms. The van der Waals surface area contributed by atoms with E-state index in [0.717, 1.165) is 9.81 Å². The maximum Gasteiger partial charge on any atom is 0.0607 e. The minimum absolute atomic E-state index is 0.244. The molecule has 1 rings (SSSR count). The van der Waals surface area contributed by atoms with Gasteiger partial charge in [0.1, 0.15) is 0 Å². The molecule has 0 aromatic heterocycles. The molecule has 13 heavy (non-hydrogen) atoms. The molecule has 1 unspecified atom stereocenters. The number of nitrogens with two attached hydrogens (primary N) is 1. The van der Waals surface area contributed by atoms with Gasteiger partial charge in [0.2, 0.25) is 0 Å². The van der Waals surface area contributed by atoms with Crippen LogP contribution in [0, 0.1) is 0 Å². The fourth-order valence-corrected chi connectivity index (χ4v) is 1.98. The van der Waals surface area contributed by atoms with Crippen LogP contribution in [0.2, 0.25) is 0 Å². The number of halogens is 2. The fourth-order valence-electron chi connectivity index (χ4n) is 1.52. The summed E-state index contributed by atoms with van der Waals surface area (Å²) >= 11 is 6.71. The monoisotopic (exact) mass is 305 g/mol. The van der Waals surface area contributed by atoms with E-state index in [1.165, 1.54) is 11.1 Å². The summed E-state index contributed by atoms with van der Waals surface area (Å²) in [6, 6.07) is 0. The van der Waals surface area contributed by atoms with Gasteiger partial charge in [-0.05, 0) is 69.4 Å². The van der Waals surface area contributed by atoms with Crippen LogP contribution in [-0.4, -0.2) is 5.54 Å². The lowest BCUT2D eigenvalue weighted by Crippen LogP contribution is -2.39. The molecule has 2 N–H and O–H groups in total. The number of allylic oxidation sites excluding steroid dienone is 2. The van der Waals surface area contributed by atoms with Gasteiger partial charge >= 0.3 is 0 Å². The Morgan fingerprint density at radius 1 is 1.62 bits per heavy atom. The smallest absolute Gasteiger partial charge is 0.0607 e. The van der Waals surface area contributed by atoms with Crippen LogP contribution >= 0.6 is 31.9 Å². The van der Waals surface area contributed by atoms with Crippen molar-refractivity contribution >= 4 is 31.9 Å². The van der Waals surface area contributed by atoms with E-state index in [9.17, 15) is 0 Å². The first-order valence-corrected chi connectivity index (χ1v) is 5.71. The van der Waals surface area contributed by atoms with Crippen molar-refractivity contribution < 1.29 is 0 Å². The molecule has 0 amide bonds. The van der Waals surface area contributed by atoms with Crippen molar-refractivity contribution in [3.63, 3.8) is 0 Å². The predicted molar refractivity (Wildman–Crippen MR) is 65.0 cm³/mol. The Kier molecular flexibility index (Phi) is 3.55. The van der Waals surface area contributed by atoms with Crippen molar-refractivity contribution in [2.45, 2.75) is 25.8 Å². The van der Waals surface area contributed by atoms with E-state index in [-0.39, 0.29) is 5.54 Å². The van der Waals surface area contributed by atoms with Gasteiger partial charge in [-0.25, -0.2) is 0 Å². The van der Waals surface area contributed by atoms with Gasteiger partial charge in [0, 0.05) is 5.54 Å². The molecule has 1 aliphatic carbocycles. The maximum absolute atomic E-state index is 6.17. The van der Waals surface area contributed by atoms with E-state index >= 15 is 0 Å². The standard InChI is InChI=1S/C10H13Br2N/c1-7-4-3-5-10(2,13)8(7)6-9(11)12/h3-4,6H,5,13H2,1-2H3. The molecule has 0 bridgehead atoms. The normalized spacial score (nSPS) is 27.8. The Morgan fingerprint density at radius 3 is 2.69 bits per heavy atom. The van der Waals surface area contributed by atoms with Gasteiger partial charge in [0.15, 0.2) is 0 Å². The van der Waals surface area contributed by atoms with Crippen LogP contribution in [0.1, 0.15) is 20.3 Å². The molecule has 0 radical (unpaired) electrons. The van der Waals surface area contributed by atoms with Gasteiger partial charge in [-0.3, -0.25) is 0 Å². The zero-order valence-electron chi connectivity index (χ0n) is 7.77. The lowest BCUT2D eigenvalue weighted by molar-refractivity contribution is 0.559. The van der Waals surface area contributed by atoms with Gasteiger partial charge in [-0.15, -0.1) is 0 Å². The van der Waals surface area contributed by atoms with Crippen LogP contribution in [0.25, 0.3) is 0 Å². The third kappa shape index (κ3) is 2.79. The zero-order chi connectivity index (χ0) is 10.1. The van der Waals surface area contributed by atoms with E-state index in [2.05, 4.69) is 57.9 Å². The Bertz CT molecular complexity index is 294. The molecule has 72 valence electrons. The molecule has 3 heteroatoms. The third-order valence-corrected chi connectivity index (χ3v) is 2.66. The lowest BCUT2D eigenvalue weighted by Gasteiger charge is -2.29. The van der Waals surface area contributed by atoms with Crippen molar-refractivity contribution in [2.75, 3.05) is 0 Å². The summed E-state index contributed by atoms with van der Waals surface area (Å²) in [5.74, 6) is 0. The summed E-state index contributed by atoms with van der Waals surface area (Å²) in [4.78, 5) is 0. The van der Waals surface area contributed by atoms with Gasteiger partial charge in [-0.1, -0.05) is 12.2 Å². The Labute approximate surface area is 96.0 Å². The summed E-state index contributed by atoms with van der Waals surface area (Å²) in [6.45, 7) is 4.13. The second-order valence-electron chi connectivity index (χ2n) is 3.55. The van der Waals surface area contributed by atoms with E-state index in [1.807, 2.05) is 6.08 Å². The lowest BCUT2D eigenvalue weighted by atomic mass is 9.82. The first-order chi connectivity index (χ1) is 5.93. The van der Waals surface area contributed by atoms with Crippen LogP contribution in [-0.2, 0) is 0 Å². The number of hydrogen-bond donors (Lipinski definition) is 1. The number of rotatable bonds is 1. The average Bonchev–Trinajstić information content (AvgIpc) is 1.96. The van der Waals surface area contributed by atoms with Gasteiger partial charge < -0.3 is 5.73 Å². The van der Waals surface area contributed by atoms with Crippen molar-refractivity contribution in [1.82, 2.24) is 0 Å². The summed E-state index contributed by atoms with van der Waals surface area (Å²) in [7, 11) is 0. The first-order valence-electron chi connectivity index (χ1n) is 4.13. The molecule has 0 heterocycles. The van der Waals surface area contributed by atoms with Crippen molar-refractivity contribution in [3.8, 4) is 0 Å². The minimum Gasteiger partial charge on any atom is -0.321 e. The maximum atomic E-state index is 6.17. The fraction of sp³-hybridized carbons (Fsp3) is 0.400. The van der Waals surface area contributed by atoms with Crippen molar-refractivity contribution in [1.29, 1.82) is 0 Å². The average molecular weight is 307 g/mol. The Morgan fingerprint density at radius 2 is 2.23 bits per heavy atom. The Balaban J connectivity index is 3.13. The summed E-state index contributed by atoms with van der Waals surface area (Å²) in [6.07, 6.45) is 7.15. The Hall–Kier alpha value is 0.140. The summed E-state index contributed by atoms with van der Waals surface area (Å²) in [5, 5.41) is 0. The molecule has 1 aliphatic rings. The van der Waals surface area contributed by atoms with E-state index in [0.29, 0.717) is 0 Å². The van der Waals surface area contributed by atoms with Crippen molar-refractivity contribution in [2.24, 2.45) is 5.73 Å². The van der Waals surface area contributed by atoms with E-state index in [4.69, 9.17) is 5.73 Å². The zero-order valence-corrected chi connectivity index (χ0v) is 10.9. The van der Waals surface area contributed by atoms with Crippen LogP contribution in [0.5, 0.6) is 0 Å². The van der Waals surface area contributed by atoms with E-state index in [1.54, 1.807) is 0 Å². The molecule has 1 nitrogen and oxygen atoms in total. The molecular weight excluding hydrogens is 294 g/mol. The first kappa shape index (κ1) is 11.2. The second-order valence-corrected chi connectivity index (χ2v) is 6.33. The van der Waals surface area contributed by atoms with Crippen LogP contribution in [0.15, 0.2) is 32.8 Å². The highest BCUT2D eigenvalue weighted by Gasteiger charge is 2.24.